The summed E-state index contributed by atoms with van der Waals surface area (Å²) in [6.07, 6.45) is 4.83. The first-order valence-electron chi connectivity index (χ1n) is 9.64. The van der Waals surface area contributed by atoms with Crippen LogP contribution in [0.2, 0.25) is 0 Å². The number of hydrogen-bond donors (Lipinski definition) is 1. The number of aromatic nitrogens is 2. The number of hydrogen-bond acceptors (Lipinski definition) is 6. The SMILES string of the molecule is Cc1nc(OCC(=O)N(C)C2CCN(C(=O)C3CCC3)CC2)nc(C)c1N. The van der Waals surface area contributed by atoms with Crippen molar-refractivity contribution in [1.82, 2.24) is 19.8 Å². The van der Waals surface area contributed by atoms with Gasteiger partial charge in [-0.3, -0.25) is 9.59 Å². The van der Waals surface area contributed by atoms with Gasteiger partial charge in [0.2, 0.25) is 5.91 Å². The number of anilines is 1. The lowest BCUT2D eigenvalue weighted by Gasteiger charge is -2.39. The second-order valence-corrected chi connectivity index (χ2v) is 7.57. The molecular weight excluding hydrogens is 346 g/mol. The minimum Gasteiger partial charge on any atom is -0.453 e. The zero-order valence-electron chi connectivity index (χ0n) is 16.4. The number of carbonyl (C=O) groups is 2. The molecule has 0 unspecified atom stereocenters. The van der Waals surface area contributed by atoms with Crippen LogP contribution in [-0.2, 0) is 9.59 Å². The molecule has 2 aliphatic rings. The lowest BCUT2D eigenvalue weighted by atomic mass is 9.84. The van der Waals surface area contributed by atoms with Gasteiger partial charge < -0.3 is 20.3 Å². The van der Waals surface area contributed by atoms with Gasteiger partial charge >= 0.3 is 6.01 Å². The minimum atomic E-state index is -0.116. The quantitative estimate of drug-likeness (QED) is 0.832. The highest BCUT2D eigenvalue weighted by atomic mass is 16.5. The zero-order valence-corrected chi connectivity index (χ0v) is 16.4. The van der Waals surface area contributed by atoms with Crippen molar-refractivity contribution in [3.63, 3.8) is 0 Å². The number of piperidine rings is 1. The summed E-state index contributed by atoms with van der Waals surface area (Å²) in [6, 6.07) is 0.296. The maximum Gasteiger partial charge on any atom is 0.317 e. The molecule has 0 bridgehead atoms. The van der Waals surface area contributed by atoms with E-state index >= 15 is 0 Å². The summed E-state index contributed by atoms with van der Waals surface area (Å²) >= 11 is 0. The van der Waals surface area contributed by atoms with Gasteiger partial charge in [-0.25, -0.2) is 0 Å². The number of rotatable bonds is 5. The number of likely N-dealkylation sites (tertiary alicyclic amines) is 1. The number of carbonyl (C=O) groups excluding carboxylic acids is 2. The average Bonchev–Trinajstić information content (AvgIpc) is 2.62. The van der Waals surface area contributed by atoms with E-state index in [1.54, 1.807) is 25.8 Å². The van der Waals surface area contributed by atoms with Crippen molar-refractivity contribution >= 4 is 17.5 Å². The molecular formula is C19H29N5O3. The molecule has 1 saturated carbocycles. The van der Waals surface area contributed by atoms with Crippen molar-refractivity contribution in [3.8, 4) is 6.01 Å². The summed E-state index contributed by atoms with van der Waals surface area (Å²) in [5.41, 5.74) is 7.65. The molecule has 1 saturated heterocycles. The lowest BCUT2D eigenvalue weighted by Crippen LogP contribution is -2.50. The van der Waals surface area contributed by atoms with E-state index in [2.05, 4.69) is 9.97 Å². The van der Waals surface area contributed by atoms with E-state index in [-0.39, 0.29) is 30.5 Å². The Morgan fingerprint density at radius 2 is 1.74 bits per heavy atom. The van der Waals surface area contributed by atoms with Crippen LogP contribution in [0.15, 0.2) is 0 Å². The molecule has 8 nitrogen and oxygen atoms in total. The highest BCUT2D eigenvalue weighted by molar-refractivity contribution is 5.80. The molecule has 8 heteroatoms. The maximum atomic E-state index is 12.5. The van der Waals surface area contributed by atoms with Crippen molar-refractivity contribution in [2.45, 2.75) is 52.0 Å². The molecule has 0 radical (unpaired) electrons. The molecule has 1 aliphatic heterocycles. The van der Waals surface area contributed by atoms with Crippen molar-refractivity contribution in [2.75, 3.05) is 32.5 Å². The van der Waals surface area contributed by atoms with Crippen LogP contribution in [-0.4, -0.2) is 64.4 Å². The van der Waals surface area contributed by atoms with Crippen molar-refractivity contribution in [3.05, 3.63) is 11.4 Å². The number of nitrogens with two attached hydrogens (primary N) is 1. The summed E-state index contributed by atoms with van der Waals surface area (Å²) in [6.45, 7) is 4.89. The second kappa shape index (κ2) is 8.10. The smallest absolute Gasteiger partial charge is 0.317 e. The predicted octanol–water partition coefficient (Wildman–Crippen LogP) is 1.30. The molecule has 148 valence electrons. The largest absolute Gasteiger partial charge is 0.453 e. The third kappa shape index (κ3) is 4.31. The minimum absolute atomic E-state index is 0.111. The fraction of sp³-hybridized carbons (Fsp3) is 0.684. The van der Waals surface area contributed by atoms with Gasteiger partial charge in [0.1, 0.15) is 0 Å². The maximum absolute atomic E-state index is 12.5. The van der Waals surface area contributed by atoms with Crippen LogP contribution in [0, 0.1) is 19.8 Å². The van der Waals surface area contributed by atoms with Crippen LogP contribution in [0.25, 0.3) is 0 Å². The first-order chi connectivity index (χ1) is 12.9. The van der Waals surface area contributed by atoms with E-state index in [0.29, 0.717) is 23.0 Å². The predicted molar refractivity (Wildman–Crippen MR) is 101 cm³/mol. The molecule has 0 aromatic carbocycles. The molecule has 2 amide bonds. The Balaban J connectivity index is 1.47. The normalized spacial score (nSPS) is 18.1. The van der Waals surface area contributed by atoms with Gasteiger partial charge in [0, 0.05) is 32.1 Å². The molecule has 3 rings (SSSR count). The Labute approximate surface area is 160 Å². The number of likely N-dealkylation sites (N-methyl/N-ethyl adjacent to an activating group) is 1. The number of aryl methyl sites for hydroxylation is 2. The fourth-order valence-electron chi connectivity index (χ4n) is 3.58. The van der Waals surface area contributed by atoms with Crippen LogP contribution in [0.5, 0.6) is 6.01 Å². The number of ether oxygens (including phenoxy) is 1. The highest BCUT2D eigenvalue weighted by Gasteiger charge is 2.33. The van der Waals surface area contributed by atoms with E-state index in [0.717, 1.165) is 38.8 Å². The summed E-state index contributed by atoms with van der Waals surface area (Å²) < 4.78 is 5.48. The van der Waals surface area contributed by atoms with Gasteiger partial charge in [0.05, 0.1) is 17.1 Å². The standard InChI is InChI=1S/C19H29N5O3/c1-12-17(20)13(2)22-19(21-12)27-11-16(25)23(3)15-7-9-24(10-8-15)18(26)14-5-4-6-14/h14-15H,4-11,20H2,1-3H3. The molecule has 1 aliphatic carbocycles. The molecule has 1 aromatic heterocycles. The number of amides is 2. The topological polar surface area (TPSA) is 102 Å². The average molecular weight is 375 g/mol. The van der Waals surface area contributed by atoms with E-state index < -0.39 is 0 Å². The van der Waals surface area contributed by atoms with Crippen LogP contribution < -0.4 is 10.5 Å². The van der Waals surface area contributed by atoms with Crippen LogP contribution in [0.4, 0.5) is 5.69 Å². The molecule has 0 spiro atoms. The van der Waals surface area contributed by atoms with Crippen LogP contribution >= 0.6 is 0 Å². The Hall–Kier alpha value is -2.38. The van der Waals surface area contributed by atoms with Gasteiger partial charge in [-0.2, -0.15) is 9.97 Å². The lowest BCUT2D eigenvalue weighted by molar-refractivity contribution is -0.141. The van der Waals surface area contributed by atoms with E-state index in [1.165, 1.54) is 6.42 Å². The summed E-state index contributed by atoms with van der Waals surface area (Å²) in [5, 5.41) is 0. The first kappa shape index (κ1) is 19.4. The number of nitrogen functional groups attached to an aromatic ring is 1. The van der Waals surface area contributed by atoms with Gasteiger partial charge in [-0.1, -0.05) is 6.42 Å². The van der Waals surface area contributed by atoms with Crippen molar-refractivity contribution < 1.29 is 14.3 Å². The van der Waals surface area contributed by atoms with E-state index in [4.69, 9.17) is 10.5 Å². The summed E-state index contributed by atoms with van der Waals surface area (Å²) in [4.78, 5) is 36.8. The van der Waals surface area contributed by atoms with Crippen LogP contribution in [0.1, 0.15) is 43.5 Å². The Bertz CT molecular complexity index is 688. The molecule has 2 fully saturated rings. The van der Waals surface area contributed by atoms with Gasteiger partial charge in [-0.15, -0.1) is 0 Å². The zero-order chi connectivity index (χ0) is 19.6. The first-order valence-corrected chi connectivity index (χ1v) is 9.64. The van der Waals surface area contributed by atoms with E-state index in [1.807, 2.05) is 4.90 Å². The molecule has 0 atom stereocenters. The monoisotopic (exact) mass is 375 g/mol. The van der Waals surface area contributed by atoms with Crippen molar-refractivity contribution in [1.29, 1.82) is 0 Å². The third-order valence-corrected chi connectivity index (χ3v) is 5.80. The molecule has 27 heavy (non-hydrogen) atoms. The fourth-order valence-corrected chi connectivity index (χ4v) is 3.58. The van der Waals surface area contributed by atoms with E-state index in [9.17, 15) is 9.59 Å². The molecule has 2 heterocycles. The van der Waals surface area contributed by atoms with Gasteiger partial charge in [0.15, 0.2) is 6.61 Å². The molecule has 1 aromatic rings. The second-order valence-electron chi connectivity index (χ2n) is 7.57. The summed E-state index contributed by atoms with van der Waals surface area (Å²) in [7, 11) is 1.79. The third-order valence-electron chi connectivity index (χ3n) is 5.80. The van der Waals surface area contributed by atoms with Gasteiger partial charge in [0.25, 0.3) is 5.91 Å². The Kier molecular flexibility index (Phi) is 5.82. The highest BCUT2D eigenvalue weighted by Crippen LogP contribution is 2.29. The van der Waals surface area contributed by atoms with Gasteiger partial charge in [-0.05, 0) is 39.5 Å². The Morgan fingerprint density at radius 1 is 1.15 bits per heavy atom. The van der Waals surface area contributed by atoms with Crippen LogP contribution in [0.3, 0.4) is 0 Å². The summed E-state index contributed by atoms with van der Waals surface area (Å²) in [5.74, 6) is 0.416. The molecule has 2 N–H and O–H groups in total. The Morgan fingerprint density at radius 3 is 2.26 bits per heavy atom. The number of nitrogens with zero attached hydrogens (tertiary/aromatic N) is 4. The van der Waals surface area contributed by atoms with Crippen molar-refractivity contribution in [2.24, 2.45) is 5.92 Å².